The molecule has 0 unspecified atom stereocenters. The molecule has 0 aliphatic heterocycles. The van der Waals surface area contributed by atoms with E-state index < -0.39 is 0 Å². The van der Waals surface area contributed by atoms with Gasteiger partial charge in [0.15, 0.2) is 0 Å². The van der Waals surface area contributed by atoms with Crippen LogP contribution in [0.25, 0.3) is 0 Å². The molecule has 84 valence electrons. The Labute approximate surface area is 105 Å². The van der Waals surface area contributed by atoms with Gasteiger partial charge in [-0.2, -0.15) is 5.26 Å². The predicted octanol–water partition coefficient (Wildman–Crippen LogP) is 2.91. The molecule has 0 bridgehead atoms. The minimum atomic E-state index is 0.370. The molecular formula is C13H11N3S. The zero-order valence-electron chi connectivity index (χ0n) is 9.40. The van der Waals surface area contributed by atoms with Crippen molar-refractivity contribution in [2.45, 2.75) is 13.3 Å². The van der Waals surface area contributed by atoms with Gasteiger partial charge in [-0.25, -0.2) is 4.98 Å². The van der Waals surface area contributed by atoms with Crippen molar-refractivity contribution >= 4 is 12.2 Å². The van der Waals surface area contributed by atoms with Gasteiger partial charge >= 0.3 is 0 Å². The normalized spacial score (nSPS) is 9.88. The number of nitriles is 1. The predicted molar refractivity (Wildman–Crippen MR) is 68.1 cm³/mol. The van der Waals surface area contributed by atoms with Crippen LogP contribution < -0.4 is 0 Å². The standard InChI is InChI=1S/C13H11N3S/c1-9-11(8-14)13(17)16-12(15-9)7-10-5-3-2-4-6-10/h2-6H,7H2,1H3,(H,15,16,17). The highest BCUT2D eigenvalue weighted by Gasteiger charge is 2.04. The van der Waals surface area contributed by atoms with Gasteiger partial charge in [-0.15, -0.1) is 0 Å². The third-order valence-corrected chi connectivity index (χ3v) is 2.78. The number of aryl methyl sites for hydroxylation is 1. The van der Waals surface area contributed by atoms with E-state index in [1.807, 2.05) is 37.3 Å². The van der Waals surface area contributed by atoms with Crippen molar-refractivity contribution in [3.63, 3.8) is 0 Å². The lowest BCUT2D eigenvalue weighted by Crippen LogP contribution is -2.01. The summed E-state index contributed by atoms with van der Waals surface area (Å²) in [5.41, 5.74) is 2.39. The number of H-pyrrole nitrogens is 1. The Hall–Kier alpha value is -1.99. The Morgan fingerprint density at radius 3 is 2.65 bits per heavy atom. The summed E-state index contributed by atoms with van der Waals surface area (Å²) in [5, 5.41) is 8.90. The molecule has 0 radical (unpaired) electrons. The summed E-state index contributed by atoms with van der Waals surface area (Å²) in [5.74, 6) is 0.790. The second kappa shape index (κ2) is 4.89. The summed E-state index contributed by atoms with van der Waals surface area (Å²) < 4.78 is 0.370. The lowest BCUT2D eigenvalue weighted by atomic mass is 10.1. The van der Waals surface area contributed by atoms with Crippen molar-refractivity contribution in [3.05, 3.63) is 57.6 Å². The van der Waals surface area contributed by atoms with Gasteiger partial charge in [0.1, 0.15) is 22.1 Å². The van der Waals surface area contributed by atoms with Crippen molar-refractivity contribution < 1.29 is 0 Å². The molecule has 0 fully saturated rings. The summed E-state index contributed by atoms with van der Waals surface area (Å²) in [6, 6.07) is 12.1. The molecule has 2 rings (SSSR count). The number of aromatic amines is 1. The zero-order chi connectivity index (χ0) is 12.3. The minimum absolute atomic E-state index is 0.370. The van der Waals surface area contributed by atoms with Crippen LogP contribution >= 0.6 is 12.2 Å². The number of rotatable bonds is 2. The molecule has 0 saturated carbocycles. The van der Waals surface area contributed by atoms with Gasteiger partial charge in [0.25, 0.3) is 0 Å². The first-order chi connectivity index (χ1) is 8.20. The van der Waals surface area contributed by atoms with E-state index in [-0.39, 0.29) is 0 Å². The Morgan fingerprint density at radius 2 is 2.06 bits per heavy atom. The van der Waals surface area contributed by atoms with Crippen LogP contribution in [0.3, 0.4) is 0 Å². The van der Waals surface area contributed by atoms with Crippen molar-refractivity contribution in [2.75, 3.05) is 0 Å². The molecule has 0 aliphatic rings. The zero-order valence-corrected chi connectivity index (χ0v) is 10.2. The third-order valence-electron chi connectivity index (χ3n) is 2.48. The molecule has 4 heteroatoms. The van der Waals surface area contributed by atoms with E-state index in [9.17, 15) is 0 Å². The molecule has 1 aromatic heterocycles. The summed E-state index contributed by atoms with van der Waals surface area (Å²) in [6.45, 7) is 1.84. The molecule has 0 amide bonds. The van der Waals surface area contributed by atoms with Gasteiger partial charge in [0, 0.05) is 12.1 Å². The van der Waals surface area contributed by atoms with Crippen molar-refractivity contribution in [1.29, 1.82) is 5.26 Å². The molecule has 0 spiro atoms. The minimum Gasteiger partial charge on any atom is -0.346 e. The number of hydrogen-bond acceptors (Lipinski definition) is 3. The van der Waals surface area contributed by atoms with Crippen LogP contribution in [0.2, 0.25) is 0 Å². The van der Waals surface area contributed by atoms with Crippen molar-refractivity contribution in [3.8, 4) is 6.07 Å². The Balaban J connectivity index is 2.37. The van der Waals surface area contributed by atoms with Crippen LogP contribution in [0, 0.1) is 22.9 Å². The molecule has 1 heterocycles. The molecule has 0 saturated heterocycles. The lowest BCUT2D eigenvalue weighted by molar-refractivity contribution is 0.928. The second-order valence-electron chi connectivity index (χ2n) is 3.76. The fourth-order valence-electron chi connectivity index (χ4n) is 1.65. The Bertz CT molecular complexity index is 623. The van der Waals surface area contributed by atoms with Crippen LogP contribution in [0.15, 0.2) is 30.3 Å². The topological polar surface area (TPSA) is 52.5 Å². The molecular weight excluding hydrogens is 230 g/mol. The molecule has 17 heavy (non-hydrogen) atoms. The van der Waals surface area contributed by atoms with E-state index in [4.69, 9.17) is 17.5 Å². The van der Waals surface area contributed by atoms with E-state index in [1.54, 1.807) is 0 Å². The monoisotopic (exact) mass is 241 g/mol. The van der Waals surface area contributed by atoms with E-state index in [0.717, 1.165) is 17.1 Å². The first-order valence-corrected chi connectivity index (χ1v) is 5.65. The maximum absolute atomic E-state index is 8.90. The Morgan fingerprint density at radius 1 is 1.35 bits per heavy atom. The van der Waals surface area contributed by atoms with Crippen molar-refractivity contribution in [2.24, 2.45) is 0 Å². The van der Waals surface area contributed by atoms with Gasteiger partial charge in [-0.1, -0.05) is 42.5 Å². The average Bonchev–Trinajstić information content (AvgIpc) is 2.30. The summed E-state index contributed by atoms with van der Waals surface area (Å²) >= 11 is 5.09. The highest BCUT2D eigenvalue weighted by molar-refractivity contribution is 7.71. The maximum Gasteiger partial charge on any atom is 0.147 e. The molecule has 2 aromatic rings. The van der Waals surface area contributed by atoms with Gasteiger partial charge in [0.2, 0.25) is 0 Å². The Kier molecular flexibility index (Phi) is 3.31. The smallest absolute Gasteiger partial charge is 0.147 e. The number of benzene rings is 1. The van der Waals surface area contributed by atoms with E-state index >= 15 is 0 Å². The molecule has 0 atom stereocenters. The van der Waals surface area contributed by atoms with Crippen LogP contribution in [-0.4, -0.2) is 9.97 Å². The van der Waals surface area contributed by atoms with Crippen LogP contribution in [0.4, 0.5) is 0 Å². The second-order valence-corrected chi connectivity index (χ2v) is 4.15. The van der Waals surface area contributed by atoms with Gasteiger partial charge < -0.3 is 4.98 Å². The number of aromatic nitrogens is 2. The largest absolute Gasteiger partial charge is 0.346 e. The average molecular weight is 241 g/mol. The molecule has 1 N–H and O–H groups in total. The number of nitrogens with zero attached hydrogens (tertiary/aromatic N) is 2. The highest BCUT2D eigenvalue weighted by atomic mass is 32.1. The molecule has 3 nitrogen and oxygen atoms in total. The molecule has 1 aromatic carbocycles. The van der Waals surface area contributed by atoms with E-state index in [1.165, 1.54) is 0 Å². The van der Waals surface area contributed by atoms with E-state index in [0.29, 0.717) is 16.6 Å². The summed E-state index contributed by atoms with van der Waals surface area (Å²) in [4.78, 5) is 7.35. The first-order valence-electron chi connectivity index (χ1n) is 5.24. The fraction of sp³-hybridized carbons (Fsp3) is 0.154. The summed E-state index contributed by atoms with van der Waals surface area (Å²) in [7, 11) is 0. The third kappa shape index (κ3) is 2.58. The fourth-order valence-corrected chi connectivity index (χ4v) is 1.96. The number of hydrogen-bond donors (Lipinski definition) is 1. The maximum atomic E-state index is 8.90. The van der Waals surface area contributed by atoms with Crippen LogP contribution in [-0.2, 0) is 6.42 Å². The van der Waals surface area contributed by atoms with Crippen molar-refractivity contribution in [1.82, 2.24) is 9.97 Å². The SMILES string of the molecule is Cc1[nH]c(Cc2ccccc2)nc(=S)c1C#N. The summed E-state index contributed by atoms with van der Waals surface area (Å²) in [6.07, 6.45) is 0.691. The van der Waals surface area contributed by atoms with Crippen LogP contribution in [0.5, 0.6) is 0 Å². The highest BCUT2D eigenvalue weighted by Crippen LogP contribution is 2.09. The van der Waals surface area contributed by atoms with Gasteiger partial charge in [0.05, 0.1) is 0 Å². The first kappa shape index (κ1) is 11.5. The van der Waals surface area contributed by atoms with E-state index in [2.05, 4.69) is 16.0 Å². The quantitative estimate of drug-likeness (QED) is 0.822. The van der Waals surface area contributed by atoms with Gasteiger partial charge in [-0.05, 0) is 12.5 Å². The van der Waals surface area contributed by atoms with Crippen LogP contribution in [0.1, 0.15) is 22.6 Å². The molecule has 0 aliphatic carbocycles. The lowest BCUT2D eigenvalue weighted by Gasteiger charge is -2.04. The number of nitrogens with one attached hydrogen (secondary N) is 1. The van der Waals surface area contributed by atoms with Gasteiger partial charge in [-0.3, -0.25) is 0 Å².